The van der Waals surface area contributed by atoms with Gasteiger partial charge in [-0.2, -0.15) is 4.31 Å². The van der Waals surface area contributed by atoms with Crippen LogP contribution in [0.5, 0.6) is 5.75 Å². The number of para-hydroxylation sites is 1. The lowest BCUT2D eigenvalue weighted by Crippen LogP contribution is -2.42. The van der Waals surface area contributed by atoms with Crippen molar-refractivity contribution in [2.75, 3.05) is 19.0 Å². The fourth-order valence-corrected chi connectivity index (χ4v) is 6.34. The first-order valence-electron chi connectivity index (χ1n) is 11.7. The Balaban J connectivity index is 2.02. The average Bonchev–Trinajstić information content (AvgIpc) is 2.78. The van der Waals surface area contributed by atoms with Crippen LogP contribution in [-0.2, 0) is 10.0 Å². The predicted octanol–water partition coefficient (Wildman–Crippen LogP) is 5.76. The molecule has 1 atom stereocenters. The minimum atomic E-state index is -3.80. The second kappa shape index (κ2) is 10.3. The molecule has 0 radical (unpaired) electrons. The number of carbonyl (C=O) groups excluding carboxylic acids is 1. The molecule has 0 bridgehead atoms. The van der Waals surface area contributed by atoms with E-state index in [1.165, 1.54) is 17.5 Å². The Kier molecular flexibility index (Phi) is 7.85. The molecule has 2 aromatic carbocycles. The normalized spacial score (nSPS) is 17.4. The maximum atomic E-state index is 13.5. The topological polar surface area (TPSA) is 75.7 Å². The summed E-state index contributed by atoms with van der Waals surface area (Å²) in [5, 5.41) is 3.07. The van der Waals surface area contributed by atoms with Crippen molar-refractivity contribution in [3.63, 3.8) is 0 Å². The second-order valence-corrected chi connectivity index (χ2v) is 11.3. The van der Waals surface area contributed by atoms with E-state index in [2.05, 4.69) is 33.0 Å². The maximum absolute atomic E-state index is 13.5. The van der Waals surface area contributed by atoms with Gasteiger partial charge in [-0.1, -0.05) is 52.3 Å². The molecule has 0 saturated carbocycles. The number of methoxy groups -OCH3 is 1. The van der Waals surface area contributed by atoms with Crippen LogP contribution in [0.25, 0.3) is 0 Å². The van der Waals surface area contributed by atoms with Gasteiger partial charge in [0.15, 0.2) is 0 Å². The number of rotatable bonds is 7. The zero-order valence-electron chi connectivity index (χ0n) is 20.5. The number of piperidine rings is 1. The molecule has 1 fully saturated rings. The largest absolute Gasteiger partial charge is 0.495 e. The van der Waals surface area contributed by atoms with E-state index in [1.54, 1.807) is 12.1 Å². The van der Waals surface area contributed by atoms with Crippen molar-refractivity contribution in [2.45, 2.75) is 76.7 Å². The van der Waals surface area contributed by atoms with Gasteiger partial charge in [0.1, 0.15) is 10.6 Å². The summed E-state index contributed by atoms with van der Waals surface area (Å²) in [5.41, 5.74) is 3.20. The van der Waals surface area contributed by atoms with Crippen LogP contribution in [-0.4, -0.2) is 38.3 Å². The molecular formula is C26H36N2O4S. The van der Waals surface area contributed by atoms with E-state index in [0.29, 0.717) is 6.54 Å². The first-order valence-corrected chi connectivity index (χ1v) is 13.2. The fourth-order valence-electron chi connectivity index (χ4n) is 4.46. The second-order valence-electron chi connectivity index (χ2n) is 9.40. The predicted molar refractivity (Wildman–Crippen MR) is 133 cm³/mol. The lowest BCUT2D eigenvalue weighted by atomic mass is 9.92. The lowest BCUT2D eigenvalue weighted by molar-refractivity contribution is 0.102. The van der Waals surface area contributed by atoms with Crippen LogP contribution in [0, 0.1) is 0 Å². The Morgan fingerprint density at radius 3 is 2.24 bits per heavy atom. The standard InChI is InChI=1S/C26H36N2O4S/c1-17(2)21-11-9-12-22(18(3)4)25(21)27-26(29)20-13-14-23(32-6)24(16-20)33(30,31)28-15-8-7-10-19(28)5/h9,11-14,16-19H,7-8,10,15H2,1-6H3,(H,27,29). The lowest BCUT2D eigenvalue weighted by Gasteiger charge is -2.32. The van der Waals surface area contributed by atoms with Gasteiger partial charge < -0.3 is 10.1 Å². The van der Waals surface area contributed by atoms with Gasteiger partial charge >= 0.3 is 0 Å². The summed E-state index contributed by atoms with van der Waals surface area (Å²) in [6.45, 7) is 10.8. The van der Waals surface area contributed by atoms with Gasteiger partial charge in [0.2, 0.25) is 10.0 Å². The molecule has 3 rings (SSSR count). The zero-order chi connectivity index (χ0) is 24.3. The molecule has 0 spiro atoms. The van der Waals surface area contributed by atoms with E-state index in [9.17, 15) is 13.2 Å². The SMILES string of the molecule is COc1ccc(C(=O)Nc2c(C(C)C)cccc2C(C)C)cc1S(=O)(=O)N1CCCCC1C. The Morgan fingerprint density at radius 2 is 1.70 bits per heavy atom. The molecular weight excluding hydrogens is 436 g/mol. The summed E-state index contributed by atoms with van der Waals surface area (Å²) < 4.78 is 33.9. The Labute approximate surface area is 198 Å². The van der Waals surface area contributed by atoms with Gasteiger partial charge in [0.05, 0.1) is 7.11 Å². The Hall–Kier alpha value is -2.38. The number of amides is 1. The van der Waals surface area contributed by atoms with Gasteiger partial charge in [-0.3, -0.25) is 4.79 Å². The van der Waals surface area contributed by atoms with E-state index in [4.69, 9.17) is 4.74 Å². The molecule has 1 aliphatic heterocycles. The number of ether oxygens (including phenoxy) is 1. The van der Waals surface area contributed by atoms with Crippen LogP contribution >= 0.6 is 0 Å². The van der Waals surface area contributed by atoms with Crippen LogP contribution in [0.4, 0.5) is 5.69 Å². The molecule has 1 saturated heterocycles. The molecule has 1 amide bonds. The number of nitrogens with zero attached hydrogens (tertiary/aromatic N) is 1. The van der Waals surface area contributed by atoms with Crippen molar-refractivity contribution >= 4 is 21.6 Å². The highest BCUT2D eigenvalue weighted by Crippen LogP contribution is 2.34. The molecule has 6 nitrogen and oxygen atoms in total. The van der Waals surface area contributed by atoms with Crippen molar-refractivity contribution in [2.24, 2.45) is 0 Å². The van der Waals surface area contributed by atoms with Crippen LogP contribution < -0.4 is 10.1 Å². The van der Waals surface area contributed by atoms with Gasteiger partial charge in [-0.05, 0) is 60.9 Å². The van der Waals surface area contributed by atoms with Crippen molar-refractivity contribution in [3.05, 3.63) is 53.1 Å². The first-order chi connectivity index (χ1) is 15.6. The number of carbonyl (C=O) groups is 1. The highest BCUT2D eigenvalue weighted by Gasteiger charge is 2.33. The number of hydrogen-bond donors (Lipinski definition) is 1. The molecule has 1 aliphatic rings. The summed E-state index contributed by atoms with van der Waals surface area (Å²) >= 11 is 0. The van der Waals surface area contributed by atoms with E-state index < -0.39 is 10.0 Å². The van der Waals surface area contributed by atoms with Gasteiger partial charge in [0, 0.05) is 23.8 Å². The maximum Gasteiger partial charge on any atom is 0.255 e. The quantitative estimate of drug-likeness (QED) is 0.556. The van der Waals surface area contributed by atoms with Crippen LogP contribution in [0.1, 0.15) is 87.2 Å². The molecule has 1 N–H and O–H groups in total. The summed E-state index contributed by atoms with van der Waals surface area (Å²) in [5.74, 6) is 0.364. The third-order valence-electron chi connectivity index (χ3n) is 6.37. The third kappa shape index (κ3) is 5.25. The highest BCUT2D eigenvalue weighted by molar-refractivity contribution is 7.89. The van der Waals surface area contributed by atoms with Crippen LogP contribution in [0.3, 0.4) is 0 Å². The number of benzene rings is 2. The van der Waals surface area contributed by atoms with E-state index in [0.717, 1.165) is 36.1 Å². The van der Waals surface area contributed by atoms with Gasteiger partial charge in [0.25, 0.3) is 5.91 Å². The Bertz CT molecular complexity index is 1080. The fraction of sp³-hybridized carbons (Fsp3) is 0.500. The first kappa shape index (κ1) is 25.2. The number of sulfonamides is 1. The summed E-state index contributed by atoms with van der Waals surface area (Å²) in [6, 6.07) is 10.6. The number of anilines is 1. The van der Waals surface area contributed by atoms with Crippen LogP contribution in [0.15, 0.2) is 41.3 Å². The summed E-state index contributed by atoms with van der Waals surface area (Å²) in [6.07, 6.45) is 2.67. The molecule has 1 heterocycles. The molecule has 33 heavy (non-hydrogen) atoms. The summed E-state index contributed by atoms with van der Waals surface area (Å²) in [4.78, 5) is 13.4. The minimum absolute atomic E-state index is 0.0348. The molecule has 180 valence electrons. The van der Waals surface area contributed by atoms with Crippen molar-refractivity contribution in [1.29, 1.82) is 0 Å². The smallest absolute Gasteiger partial charge is 0.255 e. The number of nitrogens with one attached hydrogen (secondary N) is 1. The molecule has 7 heteroatoms. The van der Waals surface area contributed by atoms with E-state index in [-0.39, 0.29) is 40.0 Å². The van der Waals surface area contributed by atoms with Crippen molar-refractivity contribution in [3.8, 4) is 5.75 Å². The Morgan fingerprint density at radius 1 is 1.06 bits per heavy atom. The van der Waals surface area contributed by atoms with E-state index >= 15 is 0 Å². The molecule has 2 aromatic rings. The summed E-state index contributed by atoms with van der Waals surface area (Å²) in [7, 11) is -2.35. The number of hydrogen-bond acceptors (Lipinski definition) is 4. The zero-order valence-corrected chi connectivity index (χ0v) is 21.3. The molecule has 0 aromatic heterocycles. The third-order valence-corrected chi connectivity index (χ3v) is 8.40. The highest BCUT2D eigenvalue weighted by atomic mass is 32.2. The van der Waals surface area contributed by atoms with Crippen molar-refractivity contribution in [1.82, 2.24) is 4.31 Å². The minimum Gasteiger partial charge on any atom is -0.495 e. The van der Waals surface area contributed by atoms with Crippen LogP contribution in [0.2, 0.25) is 0 Å². The van der Waals surface area contributed by atoms with Gasteiger partial charge in [-0.15, -0.1) is 0 Å². The van der Waals surface area contributed by atoms with E-state index in [1.807, 2.05) is 25.1 Å². The molecule has 0 aliphatic carbocycles. The average molecular weight is 473 g/mol. The van der Waals surface area contributed by atoms with Gasteiger partial charge in [-0.25, -0.2) is 8.42 Å². The monoisotopic (exact) mass is 472 g/mol. The van der Waals surface area contributed by atoms with Crippen molar-refractivity contribution < 1.29 is 17.9 Å². The molecule has 1 unspecified atom stereocenters.